The van der Waals surface area contributed by atoms with Crippen LogP contribution in [0.3, 0.4) is 0 Å². The molecule has 2 heterocycles. The number of carboxylic acid groups (broad SMARTS) is 1. The maximum absolute atomic E-state index is 11.8. The lowest BCUT2D eigenvalue weighted by molar-refractivity contribution is -0.174. The summed E-state index contributed by atoms with van der Waals surface area (Å²) in [5, 5.41) is 23.3. The van der Waals surface area contributed by atoms with E-state index in [9.17, 15) is 19.4 Å². The van der Waals surface area contributed by atoms with Crippen LogP contribution in [0.2, 0.25) is 0 Å². The molecule has 1 atom stereocenters. The molecule has 1 aromatic rings. The Labute approximate surface area is 124 Å². The zero-order chi connectivity index (χ0) is 15.4. The van der Waals surface area contributed by atoms with Crippen molar-refractivity contribution in [3.8, 4) is 0 Å². The lowest BCUT2D eigenvalue weighted by Gasteiger charge is -2.32. The van der Waals surface area contributed by atoms with Gasteiger partial charge in [-0.1, -0.05) is 6.07 Å². The summed E-state index contributed by atoms with van der Waals surface area (Å²) >= 11 is 1.43. The highest BCUT2D eigenvalue weighted by Crippen LogP contribution is 2.13. The van der Waals surface area contributed by atoms with Gasteiger partial charge in [0.05, 0.1) is 12.4 Å². The van der Waals surface area contributed by atoms with E-state index in [1.807, 2.05) is 11.4 Å². The Balaban J connectivity index is 1.88. The molecule has 1 aliphatic heterocycles. The summed E-state index contributed by atoms with van der Waals surface area (Å²) in [4.78, 5) is 34.9. The van der Waals surface area contributed by atoms with Gasteiger partial charge in [-0.05, 0) is 11.4 Å². The minimum atomic E-state index is -1.46. The zero-order valence-electron chi connectivity index (χ0n) is 10.9. The number of hydrogen-bond acceptors (Lipinski definition) is 6. The molecule has 1 aromatic heterocycles. The predicted molar refractivity (Wildman–Crippen MR) is 73.0 cm³/mol. The van der Waals surface area contributed by atoms with Crippen molar-refractivity contribution in [2.45, 2.75) is 18.8 Å². The topological polar surface area (TPSA) is 116 Å². The molecular formula is C11H13BN2O6S. The van der Waals surface area contributed by atoms with Crippen molar-refractivity contribution in [2.75, 3.05) is 6.54 Å². The van der Waals surface area contributed by atoms with Gasteiger partial charge in [0, 0.05) is 11.3 Å². The molecule has 0 saturated carbocycles. The number of rotatable bonds is 5. The first-order valence-electron chi connectivity index (χ1n) is 6.14. The molecule has 8 nitrogen and oxygen atoms in total. The van der Waals surface area contributed by atoms with E-state index in [0.717, 1.165) is 4.88 Å². The molecule has 2 amide bonds. The Hall–Kier alpha value is -1.91. The van der Waals surface area contributed by atoms with Gasteiger partial charge in [0.25, 0.3) is 0 Å². The minimum Gasteiger partial charge on any atom is -0.480 e. The van der Waals surface area contributed by atoms with Crippen molar-refractivity contribution in [2.24, 2.45) is 0 Å². The van der Waals surface area contributed by atoms with E-state index in [1.165, 1.54) is 11.3 Å². The average molecular weight is 312 g/mol. The van der Waals surface area contributed by atoms with E-state index >= 15 is 0 Å². The molecule has 1 saturated heterocycles. The normalized spacial score (nSPS) is 18.7. The highest BCUT2D eigenvalue weighted by atomic mass is 32.1. The van der Waals surface area contributed by atoms with E-state index in [4.69, 9.17) is 9.86 Å². The lowest BCUT2D eigenvalue weighted by Crippen LogP contribution is -2.58. The second-order valence-electron chi connectivity index (χ2n) is 4.45. The number of carbonyl (C=O) groups is 3. The van der Waals surface area contributed by atoms with Gasteiger partial charge in [-0.15, -0.1) is 11.3 Å². The number of carboxylic acids is 1. The Morgan fingerprint density at radius 1 is 1.57 bits per heavy atom. The van der Waals surface area contributed by atoms with Crippen LogP contribution in [0.5, 0.6) is 0 Å². The third-order valence-corrected chi connectivity index (χ3v) is 3.67. The van der Waals surface area contributed by atoms with Crippen molar-refractivity contribution >= 4 is 36.2 Å². The fourth-order valence-corrected chi connectivity index (χ4v) is 2.56. The molecule has 0 spiro atoms. The number of amides is 2. The van der Waals surface area contributed by atoms with Crippen LogP contribution in [0.15, 0.2) is 17.5 Å². The van der Waals surface area contributed by atoms with Crippen molar-refractivity contribution in [1.82, 2.24) is 10.4 Å². The second kappa shape index (κ2) is 6.70. The Morgan fingerprint density at radius 2 is 2.33 bits per heavy atom. The van der Waals surface area contributed by atoms with Gasteiger partial charge in [0.15, 0.2) is 0 Å². The zero-order valence-corrected chi connectivity index (χ0v) is 11.7. The standard InChI is InChI=1S/C11H13BN2O6S/c15-9(4-7-2-1-3-21-7)13-8-5-10(16)14(6-11(17)18)20-12(8)19/h1-3,8,19H,4-6H2,(H,13,15)(H,17,18)/t8-/m0/s1. The van der Waals surface area contributed by atoms with E-state index < -0.39 is 31.5 Å². The molecule has 10 heteroatoms. The van der Waals surface area contributed by atoms with Crippen LogP contribution in [-0.4, -0.2) is 52.6 Å². The molecule has 1 fully saturated rings. The maximum Gasteiger partial charge on any atom is 0.502 e. The largest absolute Gasteiger partial charge is 0.502 e. The Bertz CT molecular complexity index is 537. The number of hydrogen-bond donors (Lipinski definition) is 3. The van der Waals surface area contributed by atoms with Crippen molar-refractivity contribution in [3.05, 3.63) is 22.4 Å². The summed E-state index contributed by atoms with van der Waals surface area (Å²) in [5.74, 6) is -3.10. The Kier molecular flexibility index (Phi) is 4.94. The van der Waals surface area contributed by atoms with Crippen LogP contribution in [-0.2, 0) is 25.6 Å². The van der Waals surface area contributed by atoms with Gasteiger partial charge in [0.2, 0.25) is 11.8 Å². The summed E-state index contributed by atoms with van der Waals surface area (Å²) < 4.78 is 4.80. The lowest BCUT2D eigenvalue weighted by atomic mass is 9.75. The van der Waals surface area contributed by atoms with Crippen molar-refractivity contribution < 1.29 is 29.3 Å². The molecule has 3 N–H and O–H groups in total. The average Bonchev–Trinajstić information content (AvgIpc) is 2.87. The van der Waals surface area contributed by atoms with Crippen molar-refractivity contribution in [1.29, 1.82) is 0 Å². The van der Waals surface area contributed by atoms with Gasteiger partial charge >= 0.3 is 13.1 Å². The van der Waals surface area contributed by atoms with Crippen molar-refractivity contribution in [3.63, 3.8) is 0 Å². The van der Waals surface area contributed by atoms with Gasteiger partial charge in [0.1, 0.15) is 6.54 Å². The first-order valence-corrected chi connectivity index (χ1v) is 7.02. The van der Waals surface area contributed by atoms with E-state index in [0.29, 0.717) is 5.06 Å². The number of nitrogens with zero attached hydrogens (tertiary/aromatic N) is 1. The van der Waals surface area contributed by atoms with Crippen LogP contribution in [0.1, 0.15) is 11.3 Å². The Morgan fingerprint density at radius 3 is 2.95 bits per heavy atom. The SMILES string of the molecule is O=C(O)CN1OB(O)[C@@H](NC(=O)Cc2cccs2)CC1=O. The first kappa shape index (κ1) is 15.5. The van der Waals surface area contributed by atoms with E-state index in [-0.39, 0.29) is 18.7 Å². The number of hydroxylamine groups is 2. The van der Waals surface area contributed by atoms with Crippen LogP contribution >= 0.6 is 11.3 Å². The molecule has 0 aromatic carbocycles. The van der Waals surface area contributed by atoms with E-state index in [2.05, 4.69) is 5.32 Å². The molecule has 21 heavy (non-hydrogen) atoms. The second-order valence-corrected chi connectivity index (χ2v) is 5.49. The predicted octanol–water partition coefficient (Wildman–Crippen LogP) is -0.956. The van der Waals surface area contributed by atoms with Crippen LogP contribution in [0.25, 0.3) is 0 Å². The summed E-state index contributed by atoms with van der Waals surface area (Å²) in [7, 11) is -1.46. The van der Waals surface area contributed by atoms with Crippen LogP contribution in [0, 0.1) is 0 Å². The summed E-state index contributed by atoms with van der Waals surface area (Å²) in [6.45, 7) is -0.661. The first-order chi connectivity index (χ1) is 9.95. The molecule has 0 bridgehead atoms. The third kappa shape index (κ3) is 4.28. The fraction of sp³-hybridized carbons (Fsp3) is 0.364. The summed E-state index contributed by atoms with van der Waals surface area (Å²) in [6.07, 6.45) is -0.0709. The number of aliphatic carboxylic acids is 1. The number of nitrogens with one attached hydrogen (secondary N) is 1. The molecule has 112 valence electrons. The smallest absolute Gasteiger partial charge is 0.480 e. The third-order valence-electron chi connectivity index (χ3n) is 2.79. The van der Waals surface area contributed by atoms with Gasteiger partial charge in [-0.2, -0.15) is 0 Å². The van der Waals surface area contributed by atoms with Gasteiger partial charge in [-0.3, -0.25) is 19.1 Å². The molecule has 0 radical (unpaired) electrons. The highest BCUT2D eigenvalue weighted by molar-refractivity contribution is 7.10. The molecular weight excluding hydrogens is 299 g/mol. The fourth-order valence-electron chi connectivity index (χ4n) is 1.85. The number of thiophene rings is 1. The maximum atomic E-state index is 11.8. The summed E-state index contributed by atoms with van der Waals surface area (Å²) in [5.41, 5.74) is 0. The molecule has 0 aliphatic carbocycles. The van der Waals surface area contributed by atoms with Crippen LogP contribution < -0.4 is 5.32 Å². The quantitative estimate of drug-likeness (QED) is 0.603. The van der Waals surface area contributed by atoms with E-state index in [1.54, 1.807) is 6.07 Å². The highest BCUT2D eigenvalue weighted by Gasteiger charge is 2.40. The van der Waals surface area contributed by atoms with Gasteiger partial charge in [-0.25, -0.2) is 5.06 Å². The minimum absolute atomic E-state index is 0.147. The van der Waals surface area contributed by atoms with Crippen LogP contribution in [0.4, 0.5) is 0 Å². The molecule has 1 aliphatic rings. The summed E-state index contributed by atoms with van der Waals surface area (Å²) in [6, 6.07) is 3.62. The molecule has 0 unspecified atom stereocenters. The van der Waals surface area contributed by atoms with Gasteiger partial charge < -0.3 is 15.4 Å². The monoisotopic (exact) mass is 312 g/mol. The molecule has 2 rings (SSSR count). The number of carbonyl (C=O) groups excluding carboxylic acids is 2.